The highest BCUT2D eigenvalue weighted by atomic mass is 28.4. The molecule has 0 radical (unpaired) electrons. The van der Waals surface area contributed by atoms with Crippen molar-refractivity contribution in [2.75, 3.05) is 0 Å². The third kappa shape index (κ3) is 2.56. The summed E-state index contributed by atoms with van der Waals surface area (Å²) in [6.45, 7) is 11.3. The van der Waals surface area contributed by atoms with Gasteiger partial charge in [0.2, 0.25) is 0 Å². The molecule has 0 aromatic carbocycles. The minimum Gasteiger partial charge on any atom is -0.583 e. The Morgan fingerprint density at radius 3 is 2.05 bits per heavy atom. The molecule has 0 N–H and O–H groups in total. The van der Waals surface area contributed by atoms with Gasteiger partial charge in [0.05, 0.1) is 0 Å². The predicted octanol–water partition coefficient (Wildman–Crippen LogP) is 4.35. The summed E-state index contributed by atoms with van der Waals surface area (Å²) in [4.78, 5) is 0. The van der Waals surface area contributed by atoms with Crippen LogP contribution in [-0.4, -0.2) is 26.3 Å². The van der Waals surface area contributed by atoms with Crippen LogP contribution in [0, 0.1) is 5.92 Å². The fourth-order valence-electron chi connectivity index (χ4n) is 4.22. The summed E-state index contributed by atoms with van der Waals surface area (Å²) < 4.78 is 19.2. The summed E-state index contributed by atoms with van der Waals surface area (Å²) in [6.07, 6.45) is 6.71. The van der Waals surface area contributed by atoms with E-state index in [0.717, 1.165) is 0 Å². The number of hydrogen-bond donors (Lipinski definition) is 0. The molecule has 1 aliphatic carbocycles. The Balaban J connectivity index is 1.91. The van der Waals surface area contributed by atoms with Crippen molar-refractivity contribution in [2.24, 2.45) is 5.92 Å². The number of rotatable bonds is 1. The van der Waals surface area contributed by atoms with E-state index in [9.17, 15) is 0 Å². The lowest BCUT2D eigenvalue weighted by Gasteiger charge is -2.37. The van der Waals surface area contributed by atoms with Crippen molar-refractivity contribution in [3.63, 3.8) is 0 Å². The molecule has 21 heavy (non-hydrogen) atoms. The molecule has 2 fully saturated rings. The molecule has 1 saturated heterocycles. The van der Waals surface area contributed by atoms with E-state index < -0.39 is 15.1 Å². The van der Waals surface area contributed by atoms with Crippen LogP contribution in [0.3, 0.4) is 0 Å². The van der Waals surface area contributed by atoms with Gasteiger partial charge < -0.3 is 13.7 Å². The average Bonchev–Trinajstić information content (AvgIpc) is 2.68. The fourth-order valence-corrected chi connectivity index (χ4v) is 7.22. The molecule has 0 amide bonds. The highest BCUT2D eigenvalue weighted by molar-refractivity contribution is 6.92. The second-order valence-corrected chi connectivity index (χ2v) is 12.4. The Hall–Kier alpha value is -0.0982. The van der Waals surface area contributed by atoms with Crippen molar-refractivity contribution >= 4 is 15.1 Å². The maximum atomic E-state index is 6.50. The zero-order chi connectivity index (χ0) is 15.5. The smallest absolute Gasteiger partial charge is 0.393 e. The van der Waals surface area contributed by atoms with Crippen molar-refractivity contribution in [3.8, 4) is 0 Å². The molecule has 1 saturated carbocycles. The van der Waals surface area contributed by atoms with Crippen LogP contribution in [0.5, 0.6) is 0 Å². The monoisotopic (exact) mass is 309 g/mol. The molecule has 5 heteroatoms. The second kappa shape index (κ2) is 4.70. The van der Waals surface area contributed by atoms with Crippen LogP contribution in [0.4, 0.5) is 0 Å². The molecule has 1 spiro atoms. The first-order valence-electron chi connectivity index (χ1n) is 8.55. The number of hydrogen-bond acceptors (Lipinski definition) is 3. The third-order valence-electron chi connectivity index (χ3n) is 5.95. The first-order valence-corrected chi connectivity index (χ1v) is 11.5. The summed E-state index contributed by atoms with van der Waals surface area (Å²) in [6, 6.07) is 0. The van der Waals surface area contributed by atoms with Gasteiger partial charge in [0.1, 0.15) is 0 Å². The van der Waals surface area contributed by atoms with E-state index in [2.05, 4.69) is 46.8 Å². The highest BCUT2D eigenvalue weighted by Gasteiger charge is 2.57. The predicted molar refractivity (Wildman–Crippen MR) is 89.3 cm³/mol. The van der Waals surface area contributed by atoms with Gasteiger partial charge in [0.25, 0.3) is 0 Å². The normalized spacial score (nSPS) is 33.3. The molecule has 3 nitrogen and oxygen atoms in total. The maximum absolute atomic E-state index is 6.50. The third-order valence-corrected chi connectivity index (χ3v) is 8.83. The SMILES string of the molecule is CC1(C)O[B-]2(C=C(C3CCCCC3)[Si](C)(C)O2)OC1(C)C. The van der Waals surface area contributed by atoms with Gasteiger partial charge in [-0.15, -0.1) is 0 Å². The molecule has 3 rings (SSSR count). The molecule has 120 valence electrons. The van der Waals surface area contributed by atoms with Crippen LogP contribution in [0.15, 0.2) is 11.2 Å². The van der Waals surface area contributed by atoms with E-state index >= 15 is 0 Å². The summed E-state index contributed by atoms with van der Waals surface area (Å²) in [7, 11) is -1.88. The quantitative estimate of drug-likeness (QED) is 0.674. The first-order chi connectivity index (χ1) is 9.57. The maximum Gasteiger partial charge on any atom is 0.393 e. The zero-order valence-corrected chi connectivity index (χ0v) is 15.5. The Labute approximate surface area is 130 Å². The van der Waals surface area contributed by atoms with Gasteiger partial charge in [-0.3, -0.25) is 0 Å². The van der Waals surface area contributed by atoms with Crippen LogP contribution < -0.4 is 0 Å². The van der Waals surface area contributed by atoms with E-state index in [-0.39, 0.29) is 11.2 Å². The molecule has 2 aliphatic heterocycles. The molecular formula is C16H30BO3Si-. The Kier molecular flexibility index (Phi) is 3.53. The van der Waals surface area contributed by atoms with Crippen LogP contribution in [0.1, 0.15) is 59.8 Å². The van der Waals surface area contributed by atoms with E-state index in [4.69, 9.17) is 13.7 Å². The molecular weight excluding hydrogens is 279 g/mol. The molecule has 3 aliphatic rings. The zero-order valence-electron chi connectivity index (χ0n) is 14.5. The van der Waals surface area contributed by atoms with Crippen LogP contribution in [-0.2, 0) is 13.7 Å². The minimum atomic E-state index is -1.88. The van der Waals surface area contributed by atoms with Crippen molar-refractivity contribution in [3.05, 3.63) is 11.2 Å². The van der Waals surface area contributed by atoms with Crippen LogP contribution >= 0.6 is 0 Å². The lowest BCUT2D eigenvalue weighted by molar-refractivity contribution is 0.00578. The summed E-state index contributed by atoms with van der Waals surface area (Å²) >= 11 is 0. The van der Waals surface area contributed by atoms with Crippen LogP contribution in [0.25, 0.3) is 0 Å². The first kappa shape index (κ1) is 15.8. The lowest BCUT2D eigenvalue weighted by Crippen LogP contribution is -2.45. The molecule has 0 bridgehead atoms. The summed E-state index contributed by atoms with van der Waals surface area (Å²) in [5.74, 6) is 2.96. The van der Waals surface area contributed by atoms with E-state index in [1.165, 1.54) is 37.3 Å². The van der Waals surface area contributed by atoms with Gasteiger partial charge in [-0.05, 0) is 59.5 Å². The Morgan fingerprint density at radius 2 is 1.52 bits per heavy atom. The average molecular weight is 309 g/mol. The van der Waals surface area contributed by atoms with E-state index in [1.807, 2.05) is 0 Å². The molecule has 0 unspecified atom stereocenters. The molecule has 0 atom stereocenters. The van der Waals surface area contributed by atoms with Gasteiger partial charge >= 0.3 is 6.75 Å². The lowest BCUT2D eigenvalue weighted by atomic mass is 9.76. The van der Waals surface area contributed by atoms with Crippen molar-refractivity contribution < 1.29 is 13.7 Å². The summed E-state index contributed by atoms with van der Waals surface area (Å²) in [5.41, 5.74) is -0.647. The van der Waals surface area contributed by atoms with Crippen molar-refractivity contribution in [2.45, 2.75) is 84.1 Å². The second-order valence-electron chi connectivity index (χ2n) is 8.54. The number of allylic oxidation sites excluding steroid dienone is 1. The molecule has 0 aromatic heterocycles. The standard InChI is InChI=1S/C16H30BO3Si/c1-15(2)16(3,4)19-17(18-15)12-14(21(5,6)20-17)13-10-8-7-9-11-13/h12-13H,7-11H2,1-6H3/q-1. The van der Waals surface area contributed by atoms with Gasteiger partial charge in [0, 0.05) is 11.2 Å². The van der Waals surface area contributed by atoms with Gasteiger partial charge in [-0.25, -0.2) is 0 Å². The van der Waals surface area contributed by atoms with Gasteiger partial charge in [0.15, 0.2) is 8.32 Å². The summed E-state index contributed by atoms with van der Waals surface area (Å²) in [5, 5.41) is 1.54. The highest BCUT2D eigenvalue weighted by Crippen LogP contribution is 2.49. The van der Waals surface area contributed by atoms with E-state index in [1.54, 1.807) is 0 Å². The fraction of sp³-hybridized carbons (Fsp3) is 0.875. The Bertz CT molecular complexity index is 448. The minimum absolute atomic E-state index is 0.323. The Morgan fingerprint density at radius 1 is 1.00 bits per heavy atom. The van der Waals surface area contributed by atoms with Gasteiger partial charge in [-0.2, -0.15) is 5.98 Å². The van der Waals surface area contributed by atoms with Gasteiger partial charge in [-0.1, -0.05) is 24.5 Å². The van der Waals surface area contributed by atoms with Crippen LogP contribution in [0.2, 0.25) is 13.1 Å². The largest absolute Gasteiger partial charge is 0.583 e. The van der Waals surface area contributed by atoms with E-state index in [0.29, 0.717) is 5.92 Å². The molecule has 2 heterocycles. The van der Waals surface area contributed by atoms with Crippen molar-refractivity contribution in [1.29, 1.82) is 0 Å². The topological polar surface area (TPSA) is 27.7 Å². The molecule has 0 aromatic rings. The van der Waals surface area contributed by atoms with Crippen molar-refractivity contribution in [1.82, 2.24) is 0 Å².